The van der Waals surface area contributed by atoms with Crippen LogP contribution in [-0.4, -0.2) is 41.5 Å². The minimum Gasteiger partial charge on any atom is -0.469 e. The van der Waals surface area contributed by atoms with Crippen LogP contribution in [0.15, 0.2) is 48.8 Å². The summed E-state index contributed by atoms with van der Waals surface area (Å²) in [7, 11) is 1.37. The first-order chi connectivity index (χ1) is 12.7. The molecule has 0 aliphatic rings. The molecule has 5 nitrogen and oxygen atoms in total. The molecule has 0 unspecified atom stereocenters. The van der Waals surface area contributed by atoms with Crippen LogP contribution in [0.4, 0.5) is 0 Å². The van der Waals surface area contributed by atoms with Crippen molar-refractivity contribution in [3.8, 4) is 5.69 Å². The minimum atomic E-state index is -0.292. The molecular weight excluding hydrogens is 328 g/mol. The minimum absolute atomic E-state index is 0.0375. The van der Waals surface area contributed by atoms with Crippen LogP contribution in [0.25, 0.3) is 5.69 Å². The normalized spacial score (nSPS) is 10.5. The third kappa shape index (κ3) is 5.76. The Morgan fingerprint density at radius 3 is 2.31 bits per heavy atom. The number of aromatic nitrogens is 1. The van der Waals surface area contributed by atoms with Gasteiger partial charge in [-0.2, -0.15) is 0 Å². The maximum absolute atomic E-state index is 12.9. The molecule has 140 valence electrons. The Kier molecular flexibility index (Phi) is 7.93. The summed E-state index contributed by atoms with van der Waals surface area (Å²) in [6.07, 6.45) is 8.49. The highest BCUT2D eigenvalue weighted by Gasteiger charge is 2.17. The third-order valence-corrected chi connectivity index (χ3v) is 4.40. The van der Waals surface area contributed by atoms with Crippen LogP contribution in [0.1, 0.15) is 49.4 Å². The summed E-state index contributed by atoms with van der Waals surface area (Å²) in [5, 5.41) is 0. The molecule has 0 N–H and O–H groups in total. The first-order valence-electron chi connectivity index (χ1n) is 9.25. The van der Waals surface area contributed by atoms with Crippen molar-refractivity contribution in [1.82, 2.24) is 9.47 Å². The van der Waals surface area contributed by atoms with E-state index < -0.39 is 0 Å². The molecule has 0 saturated carbocycles. The lowest BCUT2D eigenvalue weighted by atomic mass is 10.1. The van der Waals surface area contributed by atoms with Gasteiger partial charge in [-0.15, -0.1) is 0 Å². The number of esters is 1. The van der Waals surface area contributed by atoms with Gasteiger partial charge in [0.1, 0.15) is 0 Å². The summed E-state index contributed by atoms with van der Waals surface area (Å²) >= 11 is 0. The fourth-order valence-corrected chi connectivity index (χ4v) is 2.84. The van der Waals surface area contributed by atoms with Crippen molar-refractivity contribution < 1.29 is 14.3 Å². The highest BCUT2D eigenvalue weighted by atomic mass is 16.5. The molecule has 0 atom stereocenters. The summed E-state index contributed by atoms with van der Waals surface area (Å²) in [5.41, 5.74) is 1.65. The molecule has 0 saturated heterocycles. The van der Waals surface area contributed by atoms with Crippen LogP contribution in [0.3, 0.4) is 0 Å². The smallest absolute Gasteiger partial charge is 0.307 e. The molecule has 1 aromatic carbocycles. The number of hydrogen-bond acceptors (Lipinski definition) is 3. The van der Waals surface area contributed by atoms with Gasteiger partial charge in [-0.05, 0) is 42.8 Å². The van der Waals surface area contributed by atoms with E-state index in [4.69, 9.17) is 4.74 Å². The molecule has 5 heteroatoms. The topological polar surface area (TPSA) is 51.5 Å². The lowest BCUT2D eigenvalue weighted by Gasteiger charge is -2.22. The van der Waals surface area contributed by atoms with Crippen molar-refractivity contribution in [3.63, 3.8) is 0 Å². The van der Waals surface area contributed by atoms with Crippen molar-refractivity contribution in [3.05, 3.63) is 54.4 Å². The SMILES string of the molecule is CCCCCCN(CCC(=O)OC)C(=O)c1ccc(-n2cccc2)cc1. The van der Waals surface area contributed by atoms with E-state index >= 15 is 0 Å². The molecule has 0 bridgehead atoms. The zero-order chi connectivity index (χ0) is 18.8. The largest absolute Gasteiger partial charge is 0.469 e. The number of unbranched alkanes of at least 4 members (excludes halogenated alkanes) is 3. The molecule has 0 spiro atoms. The van der Waals surface area contributed by atoms with Crippen molar-refractivity contribution in [2.45, 2.75) is 39.0 Å². The highest BCUT2D eigenvalue weighted by molar-refractivity contribution is 5.94. The van der Waals surface area contributed by atoms with Crippen LogP contribution in [0, 0.1) is 0 Å². The zero-order valence-corrected chi connectivity index (χ0v) is 15.7. The molecule has 26 heavy (non-hydrogen) atoms. The van der Waals surface area contributed by atoms with Gasteiger partial charge in [0.15, 0.2) is 0 Å². The lowest BCUT2D eigenvalue weighted by Crippen LogP contribution is -2.34. The molecule has 2 aromatic rings. The molecule has 1 aromatic heterocycles. The van der Waals surface area contributed by atoms with Gasteiger partial charge in [-0.25, -0.2) is 0 Å². The van der Waals surface area contributed by atoms with Crippen LogP contribution in [0.5, 0.6) is 0 Å². The first kappa shape index (κ1) is 19.8. The monoisotopic (exact) mass is 356 g/mol. The second kappa shape index (κ2) is 10.4. The van der Waals surface area contributed by atoms with E-state index in [-0.39, 0.29) is 18.3 Å². The van der Waals surface area contributed by atoms with E-state index in [0.29, 0.717) is 18.7 Å². The van der Waals surface area contributed by atoms with E-state index in [1.807, 2.05) is 53.4 Å². The second-order valence-corrected chi connectivity index (χ2v) is 6.32. The number of rotatable bonds is 10. The quantitative estimate of drug-likeness (QED) is 0.476. The van der Waals surface area contributed by atoms with Crippen LogP contribution >= 0.6 is 0 Å². The van der Waals surface area contributed by atoms with E-state index in [2.05, 4.69) is 6.92 Å². The van der Waals surface area contributed by atoms with E-state index in [1.54, 1.807) is 4.90 Å². The second-order valence-electron chi connectivity index (χ2n) is 6.32. The highest BCUT2D eigenvalue weighted by Crippen LogP contribution is 2.13. The van der Waals surface area contributed by atoms with Crippen molar-refractivity contribution in [2.75, 3.05) is 20.2 Å². The van der Waals surface area contributed by atoms with Gasteiger partial charge < -0.3 is 14.2 Å². The lowest BCUT2D eigenvalue weighted by molar-refractivity contribution is -0.140. The summed E-state index contributed by atoms with van der Waals surface area (Å²) in [6, 6.07) is 11.5. The first-order valence-corrected chi connectivity index (χ1v) is 9.25. The average molecular weight is 356 g/mol. The van der Waals surface area contributed by atoms with Crippen molar-refractivity contribution >= 4 is 11.9 Å². The summed E-state index contributed by atoms with van der Waals surface area (Å²) in [4.78, 5) is 26.1. The number of amides is 1. The fourth-order valence-electron chi connectivity index (χ4n) is 2.84. The van der Waals surface area contributed by atoms with Gasteiger partial charge in [0, 0.05) is 36.7 Å². The number of carbonyl (C=O) groups excluding carboxylic acids is 2. The third-order valence-electron chi connectivity index (χ3n) is 4.40. The Hall–Kier alpha value is -2.56. The average Bonchev–Trinajstić information content (AvgIpc) is 3.21. The molecule has 0 aliphatic heterocycles. The summed E-state index contributed by atoms with van der Waals surface area (Å²) in [6.45, 7) is 3.21. The number of nitrogens with zero attached hydrogens (tertiary/aromatic N) is 2. The molecule has 1 amide bonds. The maximum atomic E-state index is 12.9. The summed E-state index contributed by atoms with van der Waals surface area (Å²) < 4.78 is 6.70. The van der Waals surface area contributed by atoms with Crippen LogP contribution < -0.4 is 0 Å². The number of benzene rings is 1. The Bertz CT molecular complexity index is 678. The number of carbonyl (C=O) groups is 2. The standard InChI is InChI=1S/C21H28N2O3/c1-3-4-5-6-16-23(17-13-20(24)26-2)21(25)18-9-11-19(12-10-18)22-14-7-8-15-22/h7-12,14-15H,3-6,13,16-17H2,1-2H3. The Balaban J connectivity index is 2.04. The number of methoxy groups -OCH3 is 1. The van der Waals surface area contributed by atoms with E-state index in [9.17, 15) is 9.59 Å². The number of ether oxygens (including phenoxy) is 1. The van der Waals surface area contributed by atoms with Crippen LogP contribution in [-0.2, 0) is 9.53 Å². The predicted octanol–water partition coefficient (Wildman–Crippen LogP) is 4.06. The predicted molar refractivity (Wildman–Crippen MR) is 102 cm³/mol. The number of hydrogen-bond donors (Lipinski definition) is 0. The molecule has 1 heterocycles. The van der Waals surface area contributed by atoms with Gasteiger partial charge in [0.05, 0.1) is 13.5 Å². The summed E-state index contributed by atoms with van der Waals surface area (Å²) in [5.74, 6) is -0.330. The van der Waals surface area contributed by atoms with Gasteiger partial charge in [0.2, 0.25) is 0 Å². The molecule has 0 radical (unpaired) electrons. The van der Waals surface area contributed by atoms with Gasteiger partial charge >= 0.3 is 5.97 Å². The van der Waals surface area contributed by atoms with Gasteiger partial charge in [-0.3, -0.25) is 9.59 Å². The Labute approximate surface area is 155 Å². The molecule has 0 aliphatic carbocycles. The molecule has 0 fully saturated rings. The van der Waals surface area contributed by atoms with Crippen molar-refractivity contribution in [1.29, 1.82) is 0 Å². The molecular formula is C21H28N2O3. The van der Waals surface area contributed by atoms with E-state index in [0.717, 1.165) is 31.4 Å². The van der Waals surface area contributed by atoms with Crippen LogP contribution in [0.2, 0.25) is 0 Å². The fraction of sp³-hybridized carbons (Fsp3) is 0.429. The molecule has 2 rings (SSSR count). The van der Waals surface area contributed by atoms with Gasteiger partial charge in [-0.1, -0.05) is 26.2 Å². The van der Waals surface area contributed by atoms with Crippen molar-refractivity contribution in [2.24, 2.45) is 0 Å². The van der Waals surface area contributed by atoms with Gasteiger partial charge in [0.25, 0.3) is 5.91 Å². The maximum Gasteiger partial charge on any atom is 0.307 e. The Morgan fingerprint density at radius 2 is 1.69 bits per heavy atom. The zero-order valence-electron chi connectivity index (χ0n) is 15.7. The Morgan fingerprint density at radius 1 is 1.00 bits per heavy atom. The van der Waals surface area contributed by atoms with E-state index in [1.165, 1.54) is 7.11 Å².